The number of hydrogen-bond acceptors (Lipinski definition) is 6. The van der Waals surface area contributed by atoms with E-state index in [2.05, 4.69) is 26.3 Å². The minimum absolute atomic E-state index is 0.322. The Kier molecular flexibility index (Phi) is 5.89. The van der Waals surface area contributed by atoms with Crippen LogP contribution in [0.15, 0.2) is 84.3 Å². The van der Waals surface area contributed by atoms with E-state index in [4.69, 9.17) is 0 Å². The zero-order valence-electron chi connectivity index (χ0n) is 18.1. The molecule has 0 fully saturated rings. The molecule has 5 aromatic rings. The molecule has 0 aliphatic heterocycles. The van der Waals surface area contributed by atoms with Gasteiger partial charge < -0.3 is 0 Å². The molecule has 0 unspecified atom stereocenters. The highest BCUT2D eigenvalue weighted by molar-refractivity contribution is 7.98. The normalized spacial score (nSPS) is 10.9. The molecule has 7 nitrogen and oxygen atoms in total. The molecule has 3 heterocycles. The lowest BCUT2D eigenvalue weighted by Gasteiger charge is -2.11. The molecule has 0 saturated carbocycles. The highest BCUT2D eigenvalue weighted by Gasteiger charge is 2.20. The van der Waals surface area contributed by atoms with Crippen molar-refractivity contribution in [2.75, 3.05) is 0 Å². The average Bonchev–Trinajstić information content (AvgIpc) is 3.44. The third-order valence-electron chi connectivity index (χ3n) is 5.26. The fourth-order valence-corrected chi connectivity index (χ4v) is 4.60. The first-order chi connectivity index (χ1) is 16.7. The minimum atomic E-state index is -0.322. The predicted octanol–water partition coefficient (Wildman–Crippen LogP) is 5.13. The zero-order chi connectivity index (χ0) is 23.5. The van der Waals surface area contributed by atoms with Gasteiger partial charge in [-0.2, -0.15) is 10.4 Å². The molecule has 2 aromatic carbocycles. The molecule has 0 N–H and O–H groups in total. The number of hydrogen-bond donors (Lipinski definition) is 0. The highest BCUT2D eigenvalue weighted by atomic mass is 32.2. The van der Waals surface area contributed by atoms with Crippen LogP contribution >= 0.6 is 11.8 Å². The second kappa shape index (κ2) is 9.29. The standard InChI is InChI=1S/C25H18FN7S/c1-17-22(15-27)23(33(31-17)21-5-3-2-4-6-21)16-34-25-30-29-24(18-11-13-28-14-12-18)32(25)20-9-7-19(26)8-10-20/h2-14H,16H2,1H3. The quantitative estimate of drug-likeness (QED) is 0.322. The molecular formula is C25H18FN7S. The zero-order valence-corrected chi connectivity index (χ0v) is 18.9. The molecule has 166 valence electrons. The molecule has 3 aromatic heterocycles. The van der Waals surface area contributed by atoms with Gasteiger partial charge in [0.25, 0.3) is 0 Å². The van der Waals surface area contributed by atoms with Crippen molar-refractivity contribution in [3.8, 4) is 28.8 Å². The monoisotopic (exact) mass is 467 g/mol. The lowest BCUT2D eigenvalue weighted by atomic mass is 10.2. The summed E-state index contributed by atoms with van der Waals surface area (Å²) in [4.78, 5) is 4.08. The van der Waals surface area contributed by atoms with Gasteiger partial charge in [-0.15, -0.1) is 10.2 Å². The number of aryl methyl sites for hydroxylation is 1. The second-order valence-corrected chi connectivity index (χ2v) is 8.35. The summed E-state index contributed by atoms with van der Waals surface area (Å²) in [5, 5.41) is 23.8. The van der Waals surface area contributed by atoms with Crippen molar-refractivity contribution < 1.29 is 4.39 Å². The van der Waals surface area contributed by atoms with Gasteiger partial charge in [-0.1, -0.05) is 30.0 Å². The van der Waals surface area contributed by atoms with E-state index in [1.54, 1.807) is 29.2 Å². The molecule has 34 heavy (non-hydrogen) atoms. The van der Waals surface area contributed by atoms with Crippen molar-refractivity contribution in [3.05, 3.63) is 102 Å². The van der Waals surface area contributed by atoms with Crippen molar-refractivity contribution >= 4 is 11.8 Å². The number of benzene rings is 2. The second-order valence-electron chi connectivity index (χ2n) is 7.41. The van der Waals surface area contributed by atoms with Gasteiger partial charge in [-0.3, -0.25) is 9.55 Å². The first-order valence-electron chi connectivity index (χ1n) is 10.4. The van der Waals surface area contributed by atoms with Crippen LogP contribution in [0.25, 0.3) is 22.8 Å². The summed E-state index contributed by atoms with van der Waals surface area (Å²) in [6.45, 7) is 1.83. The maximum absolute atomic E-state index is 13.6. The first-order valence-corrected chi connectivity index (χ1v) is 11.4. The number of para-hydroxylation sites is 1. The largest absolute Gasteiger partial charge is 0.270 e. The summed E-state index contributed by atoms with van der Waals surface area (Å²) in [7, 11) is 0. The fourth-order valence-electron chi connectivity index (χ4n) is 3.64. The molecule has 0 aliphatic carbocycles. The predicted molar refractivity (Wildman–Crippen MR) is 127 cm³/mol. The van der Waals surface area contributed by atoms with Gasteiger partial charge in [0, 0.05) is 29.4 Å². The van der Waals surface area contributed by atoms with Crippen LogP contribution < -0.4 is 0 Å². The summed E-state index contributed by atoms with van der Waals surface area (Å²) in [5.41, 5.74) is 4.42. The Bertz CT molecular complexity index is 1470. The molecule has 0 atom stereocenters. The Balaban J connectivity index is 1.56. The van der Waals surface area contributed by atoms with Crippen LogP contribution in [0.2, 0.25) is 0 Å². The van der Waals surface area contributed by atoms with Gasteiger partial charge in [0.1, 0.15) is 11.9 Å². The van der Waals surface area contributed by atoms with Crippen molar-refractivity contribution in [2.45, 2.75) is 17.8 Å². The maximum atomic E-state index is 13.6. The lowest BCUT2D eigenvalue weighted by Crippen LogP contribution is -2.03. The SMILES string of the molecule is Cc1nn(-c2ccccc2)c(CSc2nnc(-c3ccncc3)n2-c2ccc(F)cc2)c1C#N. The van der Waals surface area contributed by atoms with Gasteiger partial charge in [0.2, 0.25) is 0 Å². The molecule has 9 heteroatoms. The number of thioether (sulfide) groups is 1. The third-order valence-corrected chi connectivity index (χ3v) is 6.20. The molecule has 0 amide bonds. The van der Waals surface area contributed by atoms with E-state index >= 15 is 0 Å². The van der Waals surface area contributed by atoms with Crippen molar-refractivity contribution in [1.29, 1.82) is 5.26 Å². The minimum Gasteiger partial charge on any atom is -0.270 e. The Hall–Kier alpha value is -4.29. The van der Waals surface area contributed by atoms with Crippen LogP contribution in [0.5, 0.6) is 0 Å². The molecular weight excluding hydrogens is 449 g/mol. The summed E-state index contributed by atoms with van der Waals surface area (Å²) >= 11 is 1.43. The number of nitriles is 1. The summed E-state index contributed by atoms with van der Waals surface area (Å²) in [6, 6.07) is 21.9. The van der Waals surface area contributed by atoms with Gasteiger partial charge in [-0.05, 0) is 55.5 Å². The maximum Gasteiger partial charge on any atom is 0.196 e. The average molecular weight is 468 g/mol. The fraction of sp³-hybridized carbons (Fsp3) is 0.0800. The van der Waals surface area contributed by atoms with Gasteiger partial charge in [-0.25, -0.2) is 9.07 Å². The van der Waals surface area contributed by atoms with Crippen molar-refractivity contribution in [1.82, 2.24) is 29.5 Å². The highest BCUT2D eigenvalue weighted by Crippen LogP contribution is 2.31. The number of pyridine rings is 1. The summed E-state index contributed by atoms with van der Waals surface area (Å²) < 4.78 is 17.3. The molecule has 0 aliphatic rings. The first kappa shape index (κ1) is 21.6. The summed E-state index contributed by atoms with van der Waals surface area (Å²) in [5.74, 6) is 0.732. The topological polar surface area (TPSA) is 85.2 Å². The third kappa shape index (κ3) is 4.07. The Morgan fingerprint density at radius 3 is 2.38 bits per heavy atom. The van der Waals surface area contributed by atoms with Crippen molar-refractivity contribution in [3.63, 3.8) is 0 Å². The van der Waals surface area contributed by atoms with E-state index in [9.17, 15) is 9.65 Å². The van der Waals surface area contributed by atoms with Crippen LogP contribution in [0.4, 0.5) is 4.39 Å². The van der Waals surface area contributed by atoms with E-state index in [1.807, 2.05) is 54.0 Å². The van der Waals surface area contributed by atoms with Crippen LogP contribution in [0.1, 0.15) is 17.0 Å². The van der Waals surface area contributed by atoms with Crippen molar-refractivity contribution in [2.24, 2.45) is 0 Å². The molecule has 0 bridgehead atoms. The van der Waals surface area contributed by atoms with E-state index in [-0.39, 0.29) is 5.82 Å². The number of aromatic nitrogens is 6. The van der Waals surface area contributed by atoms with E-state index in [1.165, 1.54) is 23.9 Å². The van der Waals surface area contributed by atoms with Crippen LogP contribution in [-0.4, -0.2) is 29.5 Å². The van der Waals surface area contributed by atoms with E-state index in [0.717, 1.165) is 22.6 Å². The Morgan fingerprint density at radius 1 is 0.941 bits per heavy atom. The van der Waals surface area contributed by atoms with Gasteiger partial charge in [0.15, 0.2) is 11.0 Å². The molecule has 0 radical (unpaired) electrons. The van der Waals surface area contributed by atoms with E-state index < -0.39 is 0 Å². The van der Waals surface area contributed by atoms with Crippen LogP contribution in [0, 0.1) is 24.1 Å². The van der Waals surface area contributed by atoms with Crippen LogP contribution in [-0.2, 0) is 5.75 Å². The molecule has 0 spiro atoms. The van der Waals surface area contributed by atoms with Crippen LogP contribution in [0.3, 0.4) is 0 Å². The Morgan fingerprint density at radius 2 is 1.68 bits per heavy atom. The van der Waals surface area contributed by atoms with E-state index in [0.29, 0.717) is 28.0 Å². The van der Waals surface area contributed by atoms with Gasteiger partial charge in [0.05, 0.1) is 22.6 Å². The number of nitrogens with zero attached hydrogens (tertiary/aromatic N) is 7. The number of rotatable bonds is 6. The summed E-state index contributed by atoms with van der Waals surface area (Å²) in [6.07, 6.45) is 3.37. The Labute approximate surface area is 199 Å². The molecule has 5 rings (SSSR count). The number of halogens is 1. The van der Waals surface area contributed by atoms with Gasteiger partial charge >= 0.3 is 0 Å². The smallest absolute Gasteiger partial charge is 0.196 e. The lowest BCUT2D eigenvalue weighted by molar-refractivity contribution is 0.627. The molecule has 0 saturated heterocycles.